The number of halogens is 2. The molecular weight excluding hydrogens is 491 g/mol. The minimum Gasteiger partial charge on any atom is -0.352 e. The summed E-state index contributed by atoms with van der Waals surface area (Å²) in [5, 5.41) is 4.18. The van der Waals surface area contributed by atoms with E-state index >= 15 is 0 Å². The van der Waals surface area contributed by atoms with Crippen LogP contribution in [0.2, 0.25) is 10.0 Å². The molecule has 4 nitrogen and oxygen atoms in total. The fourth-order valence-electron chi connectivity index (χ4n) is 4.76. The first-order valence-corrected chi connectivity index (χ1v) is 13.3. The van der Waals surface area contributed by atoms with Crippen LogP contribution >= 0.6 is 23.2 Å². The lowest BCUT2D eigenvalue weighted by Crippen LogP contribution is -2.52. The van der Waals surface area contributed by atoms with Gasteiger partial charge in [0.2, 0.25) is 11.8 Å². The molecule has 0 radical (unpaired) electrons. The van der Waals surface area contributed by atoms with Crippen LogP contribution in [0.15, 0.2) is 72.8 Å². The van der Waals surface area contributed by atoms with Gasteiger partial charge in [-0.25, -0.2) is 0 Å². The fraction of sp³-hybridized carbons (Fsp3) is 0.333. The lowest BCUT2D eigenvalue weighted by molar-refractivity contribution is -0.141. The standard InChI is InChI=1S/C30H32Cl2N2O2/c1-21-14-16-23(17-15-21)19-29(35)34(20-25-26(31)12-7-13-27(25)32)28(18-22-8-3-2-4-9-22)30(36)33-24-10-5-6-11-24/h2-4,7-9,12-17,24,28H,5-6,10-11,18-20H2,1H3,(H,33,36). The maximum Gasteiger partial charge on any atom is 0.243 e. The largest absolute Gasteiger partial charge is 0.352 e. The van der Waals surface area contributed by atoms with Crippen molar-refractivity contribution in [2.24, 2.45) is 0 Å². The number of hydrogen-bond acceptors (Lipinski definition) is 2. The van der Waals surface area contributed by atoms with E-state index in [1.807, 2.05) is 61.5 Å². The maximum absolute atomic E-state index is 13.9. The second-order valence-corrected chi connectivity index (χ2v) is 10.4. The monoisotopic (exact) mass is 522 g/mol. The molecule has 1 unspecified atom stereocenters. The van der Waals surface area contributed by atoms with E-state index in [0.29, 0.717) is 22.0 Å². The molecule has 0 spiro atoms. The molecule has 6 heteroatoms. The van der Waals surface area contributed by atoms with Gasteiger partial charge in [-0.1, -0.05) is 102 Å². The van der Waals surface area contributed by atoms with Gasteiger partial charge in [0.05, 0.1) is 6.42 Å². The molecular formula is C30H32Cl2N2O2. The number of benzene rings is 3. The molecule has 4 rings (SSSR count). The number of carbonyl (C=O) groups excluding carboxylic acids is 2. The van der Waals surface area contributed by atoms with Crippen LogP contribution in [-0.4, -0.2) is 28.8 Å². The highest BCUT2D eigenvalue weighted by Crippen LogP contribution is 2.28. The Hall–Kier alpha value is -2.82. The Bertz CT molecular complexity index is 1160. The first kappa shape index (κ1) is 26.2. The van der Waals surface area contributed by atoms with Crippen molar-refractivity contribution in [1.82, 2.24) is 10.2 Å². The van der Waals surface area contributed by atoms with Gasteiger partial charge in [-0.3, -0.25) is 9.59 Å². The van der Waals surface area contributed by atoms with Gasteiger partial charge < -0.3 is 10.2 Å². The van der Waals surface area contributed by atoms with E-state index < -0.39 is 6.04 Å². The van der Waals surface area contributed by atoms with Gasteiger partial charge in [0.15, 0.2) is 0 Å². The summed E-state index contributed by atoms with van der Waals surface area (Å²) >= 11 is 13.0. The average Bonchev–Trinajstić information content (AvgIpc) is 3.38. The predicted octanol–water partition coefficient (Wildman–Crippen LogP) is 6.54. The van der Waals surface area contributed by atoms with Gasteiger partial charge >= 0.3 is 0 Å². The van der Waals surface area contributed by atoms with E-state index in [0.717, 1.165) is 42.4 Å². The van der Waals surface area contributed by atoms with Crippen LogP contribution in [0.5, 0.6) is 0 Å². The van der Waals surface area contributed by atoms with E-state index in [-0.39, 0.29) is 30.8 Å². The molecule has 1 N–H and O–H groups in total. The zero-order valence-electron chi connectivity index (χ0n) is 20.6. The summed E-state index contributed by atoms with van der Waals surface area (Å²) in [6.45, 7) is 2.17. The number of nitrogens with one attached hydrogen (secondary N) is 1. The number of amides is 2. The minimum atomic E-state index is -0.696. The lowest BCUT2D eigenvalue weighted by atomic mass is 10.0. The number of aryl methyl sites for hydroxylation is 1. The van der Waals surface area contributed by atoms with Crippen LogP contribution in [0, 0.1) is 6.92 Å². The van der Waals surface area contributed by atoms with Crippen molar-refractivity contribution in [2.75, 3.05) is 0 Å². The highest BCUT2D eigenvalue weighted by Gasteiger charge is 2.33. The third kappa shape index (κ3) is 6.89. The van der Waals surface area contributed by atoms with Gasteiger partial charge in [0.25, 0.3) is 0 Å². The summed E-state index contributed by atoms with van der Waals surface area (Å²) in [6.07, 6.45) is 4.75. The highest BCUT2D eigenvalue weighted by molar-refractivity contribution is 6.36. The highest BCUT2D eigenvalue weighted by atomic mass is 35.5. The summed E-state index contributed by atoms with van der Waals surface area (Å²) in [5.74, 6) is -0.275. The van der Waals surface area contributed by atoms with Crippen molar-refractivity contribution >= 4 is 35.0 Å². The summed E-state index contributed by atoms with van der Waals surface area (Å²) in [4.78, 5) is 29.3. The SMILES string of the molecule is Cc1ccc(CC(=O)N(Cc2c(Cl)cccc2Cl)C(Cc2ccccc2)C(=O)NC2CCCC2)cc1. The Labute approximate surface area is 223 Å². The van der Waals surface area contributed by atoms with Crippen molar-refractivity contribution in [3.05, 3.63) is 105 Å². The molecule has 1 aliphatic rings. The minimum absolute atomic E-state index is 0.133. The van der Waals surface area contributed by atoms with Crippen molar-refractivity contribution < 1.29 is 9.59 Å². The number of nitrogens with zero attached hydrogens (tertiary/aromatic N) is 1. The van der Waals surface area contributed by atoms with Crippen LogP contribution in [0.1, 0.15) is 47.9 Å². The van der Waals surface area contributed by atoms with Crippen LogP contribution in [0.25, 0.3) is 0 Å². The number of rotatable bonds is 9. The van der Waals surface area contributed by atoms with Gasteiger partial charge in [-0.2, -0.15) is 0 Å². The smallest absolute Gasteiger partial charge is 0.243 e. The van der Waals surface area contributed by atoms with E-state index in [1.54, 1.807) is 23.1 Å². The Morgan fingerprint density at radius 3 is 2.17 bits per heavy atom. The number of carbonyl (C=O) groups is 2. The Kier molecular flexibility index (Phi) is 9.06. The Balaban J connectivity index is 1.69. The molecule has 0 heterocycles. The molecule has 1 aliphatic carbocycles. The summed E-state index contributed by atoms with van der Waals surface area (Å²) in [6, 6.07) is 22.5. The lowest BCUT2D eigenvalue weighted by Gasteiger charge is -2.33. The summed E-state index contributed by atoms with van der Waals surface area (Å²) in [5.41, 5.74) is 3.66. The molecule has 2 amide bonds. The van der Waals surface area contributed by atoms with Crippen molar-refractivity contribution in [3.63, 3.8) is 0 Å². The molecule has 0 bridgehead atoms. The molecule has 188 valence electrons. The van der Waals surface area contributed by atoms with Gasteiger partial charge in [0, 0.05) is 34.6 Å². The maximum atomic E-state index is 13.9. The van der Waals surface area contributed by atoms with E-state index in [4.69, 9.17) is 23.2 Å². The van der Waals surface area contributed by atoms with Gasteiger partial charge in [-0.05, 0) is 43.0 Å². The average molecular weight is 524 g/mol. The first-order chi connectivity index (χ1) is 17.4. The van der Waals surface area contributed by atoms with Crippen LogP contribution in [0.4, 0.5) is 0 Å². The quantitative estimate of drug-likeness (QED) is 0.346. The molecule has 0 aromatic heterocycles. The third-order valence-electron chi connectivity index (χ3n) is 6.84. The zero-order valence-corrected chi connectivity index (χ0v) is 22.1. The Morgan fingerprint density at radius 2 is 1.53 bits per heavy atom. The molecule has 0 aliphatic heterocycles. The number of hydrogen-bond donors (Lipinski definition) is 1. The molecule has 0 saturated heterocycles. The predicted molar refractivity (Wildman–Crippen MR) is 146 cm³/mol. The normalized spacial score (nSPS) is 14.4. The molecule has 36 heavy (non-hydrogen) atoms. The second kappa shape index (κ2) is 12.4. The Morgan fingerprint density at radius 1 is 0.889 bits per heavy atom. The molecule has 3 aromatic rings. The third-order valence-corrected chi connectivity index (χ3v) is 7.55. The molecule has 1 fully saturated rings. The van der Waals surface area contributed by atoms with Crippen molar-refractivity contribution in [1.29, 1.82) is 0 Å². The second-order valence-electron chi connectivity index (χ2n) is 9.58. The zero-order chi connectivity index (χ0) is 25.5. The fourth-order valence-corrected chi connectivity index (χ4v) is 5.27. The van der Waals surface area contributed by atoms with Crippen LogP contribution in [-0.2, 0) is 29.0 Å². The summed E-state index contributed by atoms with van der Waals surface area (Å²) in [7, 11) is 0. The molecule has 3 aromatic carbocycles. The molecule has 1 atom stereocenters. The van der Waals surface area contributed by atoms with E-state index in [9.17, 15) is 9.59 Å². The van der Waals surface area contributed by atoms with Crippen molar-refractivity contribution in [2.45, 2.75) is 64.1 Å². The summed E-state index contributed by atoms with van der Waals surface area (Å²) < 4.78 is 0. The van der Waals surface area contributed by atoms with Crippen LogP contribution < -0.4 is 5.32 Å². The van der Waals surface area contributed by atoms with Crippen LogP contribution in [0.3, 0.4) is 0 Å². The van der Waals surface area contributed by atoms with Gasteiger partial charge in [-0.15, -0.1) is 0 Å². The van der Waals surface area contributed by atoms with Gasteiger partial charge in [0.1, 0.15) is 6.04 Å². The van der Waals surface area contributed by atoms with E-state index in [2.05, 4.69) is 5.32 Å². The van der Waals surface area contributed by atoms with Crippen molar-refractivity contribution in [3.8, 4) is 0 Å². The molecule has 1 saturated carbocycles. The first-order valence-electron chi connectivity index (χ1n) is 12.5. The van der Waals surface area contributed by atoms with E-state index in [1.165, 1.54) is 0 Å². The topological polar surface area (TPSA) is 49.4 Å².